The van der Waals surface area contributed by atoms with E-state index in [4.69, 9.17) is 23.7 Å². The van der Waals surface area contributed by atoms with Gasteiger partial charge < -0.3 is 23.7 Å². The van der Waals surface area contributed by atoms with Gasteiger partial charge in [0.2, 0.25) is 0 Å². The molecule has 6 atom stereocenters. The molecule has 3 aliphatic rings. The molecular weight excluding hydrogens is 360 g/mol. The number of hydrogen-bond donors (Lipinski definition) is 0. The number of esters is 4. The molecule has 0 aromatic heterocycles. The second-order valence-corrected chi connectivity index (χ2v) is 6.79. The Morgan fingerprint density at radius 1 is 0.667 bits per heavy atom. The highest BCUT2D eigenvalue weighted by atomic mass is 16.6. The predicted molar refractivity (Wildman–Crippen MR) is 86.9 cm³/mol. The third kappa shape index (κ3) is 2.90. The van der Waals surface area contributed by atoms with Crippen molar-refractivity contribution in [3.63, 3.8) is 0 Å². The maximum Gasteiger partial charge on any atom is 0.312 e. The fourth-order valence-corrected chi connectivity index (χ4v) is 4.53. The quantitative estimate of drug-likeness (QED) is 0.377. The molecule has 0 saturated carbocycles. The zero-order chi connectivity index (χ0) is 19.9. The Morgan fingerprint density at radius 3 is 1.30 bits per heavy atom. The highest BCUT2D eigenvalue weighted by molar-refractivity contribution is 5.87. The second-order valence-electron chi connectivity index (χ2n) is 6.79. The number of rotatable bonds is 4. The fraction of sp³-hybridized carbons (Fsp3) is 0.667. The zero-order valence-corrected chi connectivity index (χ0v) is 15.6. The van der Waals surface area contributed by atoms with Crippen molar-refractivity contribution in [2.45, 2.75) is 25.0 Å². The van der Waals surface area contributed by atoms with Crippen molar-refractivity contribution in [1.29, 1.82) is 0 Å². The molecule has 1 saturated heterocycles. The Hall–Kier alpha value is -2.42. The number of fused-ring (bicyclic) bond motifs is 4. The highest BCUT2D eigenvalue weighted by Gasteiger charge is 2.62. The van der Waals surface area contributed by atoms with Crippen LogP contribution in [0.3, 0.4) is 0 Å². The summed E-state index contributed by atoms with van der Waals surface area (Å²) >= 11 is 0. The molecule has 148 valence electrons. The maximum absolute atomic E-state index is 12.3. The highest BCUT2D eigenvalue weighted by Crippen LogP contribution is 2.54. The summed E-state index contributed by atoms with van der Waals surface area (Å²) in [6, 6.07) is 0. The standard InChI is InChI=1S/C18H22O9/c1-23-15(19)9-5-7-8(6-10(9)16(20)24-2)14-12(18(22)26-4)11(13(7)27-14)17(21)25-3/h9-14H,5-6H2,1-4H3/t9?,10?,11-,12+,13-,14+. The largest absolute Gasteiger partial charge is 0.469 e. The average molecular weight is 382 g/mol. The number of carbonyl (C=O) groups excluding carboxylic acids is 4. The molecule has 1 aliphatic carbocycles. The van der Waals surface area contributed by atoms with Crippen molar-refractivity contribution < 1.29 is 42.9 Å². The lowest BCUT2D eigenvalue weighted by Crippen LogP contribution is -2.45. The average Bonchev–Trinajstić information content (AvgIpc) is 3.26. The van der Waals surface area contributed by atoms with Crippen molar-refractivity contribution in [2.75, 3.05) is 28.4 Å². The Bertz CT molecular complexity index is 652. The summed E-state index contributed by atoms with van der Waals surface area (Å²) in [4.78, 5) is 49.1. The third-order valence-electron chi connectivity index (χ3n) is 5.75. The molecule has 0 radical (unpaired) electrons. The number of hydrogen-bond acceptors (Lipinski definition) is 9. The Morgan fingerprint density at radius 2 is 1.00 bits per heavy atom. The predicted octanol–water partition coefficient (Wildman–Crippen LogP) is 0.0146. The van der Waals surface area contributed by atoms with Gasteiger partial charge in [-0.15, -0.1) is 0 Å². The van der Waals surface area contributed by atoms with E-state index >= 15 is 0 Å². The molecule has 2 unspecified atom stereocenters. The van der Waals surface area contributed by atoms with Crippen LogP contribution < -0.4 is 0 Å². The summed E-state index contributed by atoms with van der Waals surface area (Å²) in [6.07, 6.45) is -0.978. The van der Waals surface area contributed by atoms with Crippen LogP contribution in [0.25, 0.3) is 0 Å². The Balaban J connectivity index is 2.00. The van der Waals surface area contributed by atoms with Crippen LogP contribution >= 0.6 is 0 Å². The van der Waals surface area contributed by atoms with Crippen LogP contribution in [-0.2, 0) is 42.9 Å². The van der Waals surface area contributed by atoms with Gasteiger partial charge in [-0.1, -0.05) is 0 Å². The van der Waals surface area contributed by atoms with E-state index in [9.17, 15) is 19.2 Å². The van der Waals surface area contributed by atoms with Crippen molar-refractivity contribution in [3.8, 4) is 0 Å². The van der Waals surface area contributed by atoms with E-state index in [-0.39, 0.29) is 12.8 Å². The summed E-state index contributed by atoms with van der Waals surface area (Å²) in [5.41, 5.74) is 1.51. The minimum Gasteiger partial charge on any atom is -0.469 e. The second kappa shape index (κ2) is 7.30. The molecule has 2 bridgehead atoms. The van der Waals surface area contributed by atoms with Crippen LogP contribution in [0.2, 0.25) is 0 Å². The molecule has 9 heteroatoms. The topological polar surface area (TPSA) is 114 Å². The normalized spacial score (nSPS) is 33.9. The van der Waals surface area contributed by atoms with Crippen LogP contribution in [0, 0.1) is 23.7 Å². The van der Waals surface area contributed by atoms with Gasteiger partial charge >= 0.3 is 23.9 Å². The first-order valence-corrected chi connectivity index (χ1v) is 8.58. The smallest absolute Gasteiger partial charge is 0.312 e. The van der Waals surface area contributed by atoms with Gasteiger partial charge in [0.1, 0.15) is 11.8 Å². The van der Waals surface area contributed by atoms with Crippen LogP contribution in [0.15, 0.2) is 11.1 Å². The molecule has 1 fully saturated rings. The molecular formula is C18H22O9. The van der Waals surface area contributed by atoms with Crippen molar-refractivity contribution in [3.05, 3.63) is 11.1 Å². The van der Waals surface area contributed by atoms with Crippen molar-refractivity contribution in [1.82, 2.24) is 0 Å². The first-order valence-electron chi connectivity index (χ1n) is 8.58. The van der Waals surface area contributed by atoms with E-state index in [0.29, 0.717) is 0 Å². The van der Waals surface area contributed by atoms with Gasteiger partial charge in [-0.3, -0.25) is 19.2 Å². The van der Waals surface area contributed by atoms with Crippen LogP contribution in [0.5, 0.6) is 0 Å². The summed E-state index contributed by atoms with van der Waals surface area (Å²) < 4.78 is 25.3. The monoisotopic (exact) mass is 382 g/mol. The first kappa shape index (κ1) is 19.3. The molecule has 0 amide bonds. The summed E-state index contributed by atoms with van der Waals surface area (Å²) in [7, 11) is 4.98. The SMILES string of the molecule is COC(=O)C1CC2=C(CC1C(=O)OC)[C@@H]1O[C@H]2[C@H](C(=O)OC)[C@@H]1C(=O)OC. The van der Waals surface area contributed by atoms with E-state index in [0.717, 1.165) is 11.1 Å². The molecule has 27 heavy (non-hydrogen) atoms. The van der Waals surface area contributed by atoms with Gasteiger partial charge in [-0.2, -0.15) is 0 Å². The van der Waals surface area contributed by atoms with Crippen LogP contribution in [0.1, 0.15) is 12.8 Å². The first-order chi connectivity index (χ1) is 12.9. The molecule has 2 heterocycles. The number of carbonyl (C=O) groups is 4. The van der Waals surface area contributed by atoms with E-state index < -0.39 is 59.8 Å². The molecule has 9 nitrogen and oxygen atoms in total. The molecule has 0 aromatic rings. The zero-order valence-electron chi connectivity index (χ0n) is 15.6. The fourth-order valence-electron chi connectivity index (χ4n) is 4.53. The molecule has 0 N–H and O–H groups in total. The summed E-state index contributed by atoms with van der Waals surface area (Å²) in [6.45, 7) is 0. The minimum atomic E-state index is -0.848. The molecule has 0 aromatic carbocycles. The molecule has 3 rings (SSSR count). The van der Waals surface area contributed by atoms with Crippen LogP contribution in [0.4, 0.5) is 0 Å². The minimum absolute atomic E-state index is 0.199. The lowest BCUT2D eigenvalue weighted by Gasteiger charge is -2.35. The van der Waals surface area contributed by atoms with Crippen molar-refractivity contribution in [2.24, 2.45) is 23.7 Å². The van der Waals surface area contributed by atoms with Gasteiger partial charge in [0, 0.05) is 0 Å². The van der Waals surface area contributed by atoms with E-state index in [1.165, 1.54) is 28.4 Å². The van der Waals surface area contributed by atoms with E-state index in [1.807, 2.05) is 0 Å². The van der Waals surface area contributed by atoms with Gasteiger partial charge in [0.05, 0.1) is 52.5 Å². The molecule has 0 spiro atoms. The van der Waals surface area contributed by atoms with Gasteiger partial charge in [0.25, 0.3) is 0 Å². The lowest BCUT2D eigenvalue weighted by molar-refractivity contribution is -0.159. The van der Waals surface area contributed by atoms with Gasteiger partial charge in [-0.25, -0.2) is 0 Å². The van der Waals surface area contributed by atoms with Gasteiger partial charge in [0.15, 0.2) is 0 Å². The Kier molecular flexibility index (Phi) is 5.23. The molecule has 2 aliphatic heterocycles. The third-order valence-corrected chi connectivity index (χ3v) is 5.75. The lowest BCUT2D eigenvalue weighted by atomic mass is 9.66. The maximum atomic E-state index is 12.3. The number of methoxy groups -OCH3 is 4. The van der Waals surface area contributed by atoms with E-state index in [1.54, 1.807) is 0 Å². The summed E-state index contributed by atoms with van der Waals surface area (Å²) in [5, 5.41) is 0. The van der Waals surface area contributed by atoms with Gasteiger partial charge in [-0.05, 0) is 24.0 Å². The number of ether oxygens (including phenoxy) is 5. The Labute approximate surface area is 155 Å². The van der Waals surface area contributed by atoms with E-state index in [2.05, 4.69) is 0 Å². The summed E-state index contributed by atoms with van der Waals surface area (Å²) in [5.74, 6) is -5.38. The van der Waals surface area contributed by atoms with Crippen LogP contribution in [-0.4, -0.2) is 64.5 Å². The van der Waals surface area contributed by atoms with Crippen molar-refractivity contribution >= 4 is 23.9 Å².